The van der Waals surface area contributed by atoms with E-state index in [1.54, 1.807) is 0 Å². The Bertz CT molecular complexity index is 548. The van der Waals surface area contributed by atoms with Gasteiger partial charge < -0.3 is 5.32 Å². The van der Waals surface area contributed by atoms with Crippen molar-refractivity contribution in [2.24, 2.45) is 5.92 Å². The van der Waals surface area contributed by atoms with E-state index in [0.29, 0.717) is 12.4 Å². The van der Waals surface area contributed by atoms with Crippen LogP contribution < -0.4 is 5.32 Å². The number of rotatable bonds is 4. The molecule has 1 unspecified atom stereocenters. The van der Waals surface area contributed by atoms with Crippen LogP contribution in [0.3, 0.4) is 0 Å². The molecule has 0 saturated heterocycles. The Balaban J connectivity index is 2.22. The number of nitrogens with one attached hydrogen (secondary N) is 1. The largest absolute Gasteiger partial charge is 0.352 e. The molecule has 18 heavy (non-hydrogen) atoms. The van der Waals surface area contributed by atoms with E-state index in [9.17, 15) is 4.79 Å². The highest BCUT2D eigenvalue weighted by atomic mass is 35.5. The monoisotopic (exact) mass is 261 g/mol. The second-order valence-electron chi connectivity index (χ2n) is 4.50. The summed E-state index contributed by atoms with van der Waals surface area (Å²) < 4.78 is 0. The molecular formula is C15H16ClNO. The van der Waals surface area contributed by atoms with Crippen LogP contribution in [0.1, 0.15) is 17.3 Å². The van der Waals surface area contributed by atoms with Crippen LogP contribution in [-0.4, -0.2) is 18.3 Å². The van der Waals surface area contributed by atoms with Crippen LogP contribution in [0.4, 0.5) is 0 Å². The third-order valence-electron chi connectivity index (χ3n) is 2.91. The third-order valence-corrected chi connectivity index (χ3v) is 3.44. The second-order valence-corrected chi connectivity index (χ2v) is 4.80. The van der Waals surface area contributed by atoms with Crippen LogP contribution in [0.25, 0.3) is 10.8 Å². The molecule has 0 aromatic heterocycles. The van der Waals surface area contributed by atoms with Gasteiger partial charge in [-0.25, -0.2) is 0 Å². The molecule has 94 valence electrons. The fourth-order valence-electron chi connectivity index (χ4n) is 1.84. The minimum Gasteiger partial charge on any atom is -0.352 e. The van der Waals surface area contributed by atoms with E-state index in [4.69, 9.17) is 11.6 Å². The average Bonchev–Trinajstić information content (AvgIpc) is 2.43. The number of hydrogen-bond donors (Lipinski definition) is 1. The normalized spacial score (nSPS) is 12.3. The van der Waals surface area contributed by atoms with Gasteiger partial charge in [-0.15, -0.1) is 11.6 Å². The van der Waals surface area contributed by atoms with Crippen molar-refractivity contribution in [3.63, 3.8) is 0 Å². The molecule has 0 aliphatic carbocycles. The van der Waals surface area contributed by atoms with Crippen molar-refractivity contribution in [2.75, 3.05) is 12.4 Å². The SMILES string of the molecule is CC(CCl)CNC(=O)c1cccc2ccccc12. The van der Waals surface area contributed by atoms with Crippen molar-refractivity contribution in [2.45, 2.75) is 6.92 Å². The molecule has 0 saturated carbocycles. The molecule has 2 rings (SSSR count). The molecule has 0 aliphatic heterocycles. The first-order valence-electron chi connectivity index (χ1n) is 6.04. The molecule has 3 heteroatoms. The van der Waals surface area contributed by atoms with E-state index in [1.165, 1.54) is 0 Å². The van der Waals surface area contributed by atoms with Gasteiger partial charge in [0.15, 0.2) is 0 Å². The zero-order chi connectivity index (χ0) is 13.0. The van der Waals surface area contributed by atoms with Gasteiger partial charge in [0.05, 0.1) is 0 Å². The summed E-state index contributed by atoms with van der Waals surface area (Å²) in [6.45, 7) is 2.61. The molecule has 0 bridgehead atoms. The quantitative estimate of drug-likeness (QED) is 0.840. The maximum Gasteiger partial charge on any atom is 0.251 e. The van der Waals surface area contributed by atoms with Gasteiger partial charge in [-0.1, -0.05) is 43.3 Å². The third kappa shape index (κ3) is 2.82. The summed E-state index contributed by atoms with van der Waals surface area (Å²) in [5, 5.41) is 4.98. The Morgan fingerprint density at radius 3 is 2.72 bits per heavy atom. The number of alkyl halides is 1. The highest BCUT2D eigenvalue weighted by Gasteiger charge is 2.10. The van der Waals surface area contributed by atoms with Crippen molar-refractivity contribution >= 4 is 28.3 Å². The fraction of sp³-hybridized carbons (Fsp3) is 0.267. The van der Waals surface area contributed by atoms with Crippen molar-refractivity contribution in [3.05, 3.63) is 48.0 Å². The summed E-state index contributed by atoms with van der Waals surface area (Å²) in [5.41, 5.74) is 0.717. The van der Waals surface area contributed by atoms with Gasteiger partial charge in [0.25, 0.3) is 5.91 Å². The van der Waals surface area contributed by atoms with Gasteiger partial charge in [-0.05, 0) is 22.8 Å². The van der Waals surface area contributed by atoms with Gasteiger partial charge in [0, 0.05) is 18.0 Å². The van der Waals surface area contributed by atoms with Crippen molar-refractivity contribution in [1.82, 2.24) is 5.32 Å². The van der Waals surface area contributed by atoms with E-state index in [2.05, 4.69) is 5.32 Å². The topological polar surface area (TPSA) is 29.1 Å². The molecule has 0 fully saturated rings. The molecule has 1 N–H and O–H groups in total. The number of benzene rings is 2. The molecule has 1 atom stereocenters. The molecule has 0 heterocycles. The van der Waals surface area contributed by atoms with Crippen LogP contribution >= 0.6 is 11.6 Å². The molecular weight excluding hydrogens is 246 g/mol. The molecule has 2 aromatic rings. The summed E-state index contributed by atoms with van der Waals surface area (Å²) in [6, 6.07) is 13.7. The lowest BCUT2D eigenvalue weighted by Gasteiger charge is -2.11. The lowest BCUT2D eigenvalue weighted by atomic mass is 10.0. The smallest absolute Gasteiger partial charge is 0.251 e. The summed E-state index contributed by atoms with van der Waals surface area (Å²) in [5.74, 6) is 0.796. The zero-order valence-electron chi connectivity index (χ0n) is 10.3. The molecule has 1 amide bonds. The first-order chi connectivity index (χ1) is 8.72. The van der Waals surface area contributed by atoms with E-state index in [1.807, 2.05) is 49.4 Å². The first kappa shape index (κ1) is 12.9. The van der Waals surface area contributed by atoms with Gasteiger partial charge in [0.1, 0.15) is 0 Å². The lowest BCUT2D eigenvalue weighted by Crippen LogP contribution is -2.28. The summed E-state index contributed by atoms with van der Waals surface area (Å²) in [6.07, 6.45) is 0. The summed E-state index contributed by atoms with van der Waals surface area (Å²) in [4.78, 5) is 12.1. The van der Waals surface area contributed by atoms with E-state index < -0.39 is 0 Å². The minimum absolute atomic E-state index is 0.0382. The molecule has 0 aliphatic rings. The lowest BCUT2D eigenvalue weighted by molar-refractivity contribution is 0.0951. The number of carbonyl (C=O) groups is 1. The summed E-state index contributed by atoms with van der Waals surface area (Å²) in [7, 11) is 0. The van der Waals surface area contributed by atoms with Gasteiger partial charge in [0.2, 0.25) is 0 Å². The standard InChI is InChI=1S/C15H16ClNO/c1-11(9-16)10-17-15(18)14-8-4-6-12-5-2-3-7-13(12)14/h2-8,11H,9-10H2,1H3,(H,17,18). The van der Waals surface area contributed by atoms with Gasteiger partial charge in [-0.3, -0.25) is 4.79 Å². The highest BCUT2D eigenvalue weighted by molar-refractivity contribution is 6.18. The Morgan fingerprint density at radius 1 is 1.22 bits per heavy atom. The number of hydrogen-bond acceptors (Lipinski definition) is 1. The van der Waals surface area contributed by atoms with Crippen LogP contribution in [0.2, 0.25) is 0 Å². The van der Waals surface area contributed by atoms with E-state index in [-0.39, 0.29) is 11.8 Å². The Hall–Kier alpha value is -1.54. The Kier molecular flexibility index (Phi) is 4.21. The molecule has 0 spiro atoms. The van der Waals surface area contributed by atoms with Crippen molar-refractivity contribution < 1.29 is 4.79 Å². The fourth-order valence-corrected chi connectivity index (χ4v) is 1.95. The van der Waals surface area contributed by atoms with Crippen LogP contribution in [0, 0.1) is 5.92 Å². The predicted octanol–water partition coefficient (Wildman–Crippen LogP) is 3.44. The number of amides is 1. The Labute approximate surface area is 112 Å². The number of halogens is 1. The number of fused-ring (bicyclic) bond motifs is 1. The van der Waals surface area contributed by atoms with E-state index in [0.717, 1.165) is 16.3 Å². The predicted molar refractivity (Wildman–Crippen MR) is 76.2 cm³/mol. The number of carbonyl (C=O) groups excluding carboxylic acids is 1. The van der Waals surface area contributed by atoms with Crippen LogP contribution in [0.5, 0.6) is 0 Å². The molecule has 2 nitrogen and oxygen atoms in total. The highest BCUT2D eigenvalue weighted by Crippen LogP contribution is 2.18. The Morgan fingerprint density at radius 2 is 1.94 bits per heavy atom. The van der Waals surface area contributed by atoms with Crippen LogP contribution in [0.15, 0.2) is 42.5 Å². The molecule has 0 radical (unpaired) electrons. The van der Waals surface area contributed by atoms with Gasteiger partial charge in [-0.2, -0.15) is 0 Å². The van der Waals surface area contributed by atoms with E-state index >= 15 is 0 Å². The average molecular weight is 262 g/mol. The van der Waals surface area contributed by atoms with Crippen LogP contribution in [-0.2, 0) is 0 Å². The second kappa shape index (κ2) is 5.87. The van der Waals surface area contributed by atoms with Crippen molar-refractivity contribution in [1.29, 1.82) is 0 Å². The maximum atomic E-state index is 12.1. The minimum atomic E-state index is -0.0382. The molecule has 2 aromatic carbocycles. The summed E-state index contributed by atoms with van der Waals surface area (Å²) >= 11 is 5.73. The first-order valence-corrected chi connectivity index (χ1v) is 6.57. The van der Waals surface area contributed by atoms with Gasteiger partial charge >= 0.3 is 0 Å². The van der Waals surface area contributed by atoms with Crippen molar-refractivity contribution in [3.8, 4) is 0 Å². The zero-order valence-corrected chi connectivity index (χ0v) is 11.1. The maximum absolute atomic E-state index is 12.1.